The van der Waals surface area contributed by atoms with Gasteiger partial charge in [0.2, 0.25) is 0 Å². The highest BCUT2D eigenvalue weighted by atomic mass is 35.5. The highest BCUT2D eigenvalue weighted by Gasteiger charge is 2.10. The van der Waals surface area contributed by atoms with E-state index in [9.17, 15) is 0 Å². The number of hydrogen-bond donors (Lipinski definition) is 1. The van der Waals surface area contributed by atoms with E-state index in [-0.39, 0.29) is 0 Å². The Morgan fingerprint density at radius 2 is 2.40 bits per heavy atom. The number of aromatic nitrogens is 2. The van der Waals surface area contributed by atoms with Crippen molar-refractivity contribution in [3.05, 3.63) is 29.3 Å². The van der Waals surface area contributed by atoms with E-state index in [1.54, 1.807) is 7.11 Å². The fourth-order valence-electron chi connectivity index (χ4n) is 1.55. The number of rotatable bonds is 3. The van der Waals surface area contributed by atoms with Crippen molar-refractivity contribution in [2.75, 3.05) is 19.5 Å². The number of methoxy groups -OCH3 is 1. The summed E-state index contributed by atoms with van der Waals surface area (Å²) in [6, 6.07) is 3.68. The van der Waals surface area contributed by atoms with Gasteiger partial charge in [-0.1, -0.05) is 11.6 Å². The molecule has 0 amide bonds. The number of nitrogen functional groups attached to an aromatic ring is 1. The van der Waals surface area contributed by atoms with Crippen LogP contribution >= 0.6 is 11.6 Å². The van der Waals surface area contributed by atoms with E-state index in [0.29, 0.717) is 23.9 Å². The molecule has 4 nitrogen and oxygen atoms in total. The molecule has 0 atom stereocenters. The molecule has 2 aromatic heterocycles. The Hall–Kier alpha value is -1.26. The minimum Gasteiger partial charge on any atom is -0.397 e. The van der Waals surface area contributed by atoms with Crippen LogP contribution in [-0.2, 0) is 11.2 Å². The smallest absolute Gasteiger partial charge is 0.157 e. The summed E-state index contributed by atoms with van der Waals surface area (Å²) in [6.07, 6.45) is 2.61. The number of fused-ring (bicyclic) bond motifs is 1. The topological polar surface area (TPSA) is 52.5 Å². The van der Waals surface area contributed by atoms with Crippen LogP contribution in [0.15, 0.2) is 18.3 Å². The quantitative estimate of drug-likeness (QED) is 0.866. The van der Waals surface area contributed by atoms with Gasteiger partial charge in [-0.2, -0.15) is 0 Å². The third-order valence-electron chi connectivity index (χ3n) is 2.26. The van der Waals surface area contributed by atoms with Gasteiger partial charge in [0.25, 0.3) is 0 Å². The molecule has 80 valence electrons. The molecule has 0 fully saturated rings. The molecule has 0 radical (unpaired) electrons. The number of pyridine rings is 1. The number of anilines is 1. The van der Waals surface area contributed by atoms with Crippen LogP contribution in [0.5, 0.6) is 0 Å². The summed E-state index contributed by atoms with van der Waals surface area (Å²) >= 11 is 6.01. The maximum Gasteiger partial charge on any atom is 0.157 e. The Morgan fingerprint density at radius 3 is 3.13 bits per heavy atom. The molecular weight excluding hydrogens is 214 g/mol. The number of halogens is 1. The summed E-state index contributed by atoms with van der Waals surface area (Å²) in [5.74, 6) is 0.865. The van der Waals surface area contributed by atoms with E-state index in [1.165, 1.54) is 0 Å². The molecule has 0 bridgehead atoms. The minimum absolute atomic E-state index is 0.444. The van der Waals surface area contributed by atoms with Gasteiger partial charge < -0.3 is 14.9 Å². The maximum atomic E-state index is 6.01. The predicted octanol–water partition coefficient (Wildman–Crippen LogP) is 1.76. The van der Waals surface area contributed by atoms with E-state index >= 15 is 0 Å². The monoisotopic (exact) mass is 225 g/mol. The first-order valence-electron chi connectivity index (χ1n) is 4.64. The molecule has 0 aromatic carbocycles. The summed E-state index contributed by atoms with van der Waals surface area (Å²) < 4.78 is 6.91. The molecule has 0 aliphatic carbocycles. The Kier molecular flexibility index (Phi) is 2.79. The minimum atomic E-state index is 0.444. The van der Waals surface area contributed by atoms with Crippen LogP contribution in [-0.4, -0.2) is 23.1 Å². The summed E-state index contributed by atoms with van der Waals surface area (Å²) in [5.41, 5.74) is 7.23. The van der Waals surface area contributed by atoms with Gasteiger partial charge in [0.1, 0.15) is 11.3 Å². The Bertz CT molecular complexity index is 481. The van der Waals surface area contributed by atoms with Crippen LogP contribution in [0.25, 0.3) is 5.52 Å². The van der Waals surface area contributed by atoms with Crippen LogP contribution in [0.3, 0.4) is 0 Å². The summed E-state index contributed by atoms with van der Waals surface area (Å²) in [5, 5.41) is 0.444. The fraction of sp³-hybridized carbons (Fsp3) is 0.300. The molecule has 0 aliphatic heterocycles. The van der Waals surface area contributed by atoms with Crippen LogP contribution in [0.2, 0.25) is 5.15 Å². The van der Waals surface area contributed by atoms with Crippen molar-refractivity contribution >= 4 is 22.8 Å². The normalized spacial score (nSPS) is 11.1. The maximum absolute atomic E-state index is 6.01. The van der Waals surface area contributed by atoms with Gasteiger partial charge in [-0.3, -0.25) is 0 Å². The molecule has 15 heavy (non-hydrogen) atoms. The highest BCUT2D eigenvalue weighted by Crippen LogP contribution is 2.23. The molecule has 0 saturated heterocycles. The Morgan fingerprint density at radius 1 is 1.60 bits per heavy atom. The molecule has 2 N–H and O–H groups in total. The molecule has 2 aromatic rings. The molecule has 0 saturated carbocycles. The number of nitrogens with zero attached hydrogens (tertiary/aromatic N) is 2. The van der Waals surface area contributed by atoms with E-state index in [0.717, 1.165) is 11.3 Å². The number of hydrogen-bond acceptors (Lipinski definition) is 3. The first-order valence-corrected chi connectivity index (χ1v) is 5.01. The predicted molar refractivity (Wildman–Crippen MR) is 60.2 cm³/mol. The zero-order valence-corrected chi connectivity index (χ0v) is 9.16. The molecule has 0 unspecified atom stereocenters. The van der Waals surface area contributed by atoms with Gasteiger partial charge >= 0.3 is 0 Å². The third-order valence-corrected chi connectivity index (χ3v) is 2.52. The standard InChI is InChI=1S/C10H12ClN3O/c1-15-6-4-8-13-10(11)9-7(12)3-2-5-14(8)9/h2-3,5H,4,6,12H2,1H3. The molecule has 0 spiro atoms. The van der Waals surface area contributed by atoms with Crippen molar-refractivity contribution in [2.24, 2.45) is 0 Å². The van der Waals surface area contributed by atoms with Crippen LogP contribution < -0.4 is 5.73 Å². The summed E-state index contributed by atoms with van der Waals surface area (Å²) in [4.78, 5) is 4.26. The van der Waals surface area contributed by atoms with Crippen molar-refractivity contribution in [1.29, 1.82) is 0 Å². The number of imidazole rings is 1. The number of ether oxygens (including phenoxy) is 1. The van der Waals surface area contributed by atoms with Gasteiger partial charge in [0, 0.05) is 19.7 Å². The Labute approximate surface area is 92.6 Å². The highest BCUT2D eigenvalue weighted by molar-refractivity contribution is 6.33. The second-order valence-electron chi connectivity index (χ2n) is 3.24. The second-order valence-corrected chi connectivity index (χ2v) is 3.60. The average molecular weight is 226 g/mol. The second kappa shape index (κ2) is 4.08. The lowest BCUT2D eigenvalue weighted by atomic mass is 10.3. The van der Waals surface area contributed by atoms with Crippen molar-refractivity contribution < 1.29 is 4.74 Å². The van der Waals surface area contributed by atoms with Crippen molar-refractivity contribution in [2.45, 2.75) is 6.42 Å². The van der Waals surface area contributed by atoms with Gasteiger partial charge in [-0.25, -0.2) is 4.98 Å². The summed E-state index contributed by atoms with van der Waals surface area (Å²) in [7, 11) is 1.66. The summed E-state index contributed by atoms with van der Waals surface area (Å²) in [6.45, 7) is 0.615. The zero-order chi connectivity index (χ0) is 10.8. The first-order chi connectivity index (χ1) is 7.24. The largest absolute Gasteiger partial charge is 0.397 e. The van der Waals surface area contributed by atoms with Crippen molar-refractivity contribution in [3.8, 4) is 0 Å². The van der Waals surface area contributed by atoms with Crippen LogP contribution in [0, 0.1) is 0 Å². The van der Waals surface area contributed by atoms with Gasteiger partial charge in [0.15, 0.2) is 5.15 Å². The van der Waals surface area contributed by atoms with Gasteiger partial charge in [0.05, 0.1) is 12.3 Å². The van der Waals surface area contributed by atoms with Gasteiger partial charge in [-0.05, 0) is 12.1 Å². The van der Waals surface area contributed by atoms with E-state index < -0.39 is 0 Å². The number of nitrogens with two attached hydrogens (primary N) is 1. The zero-order valence-electron chi connectivity index (χ0n) is 8.40. The van der Waals surface area contributed by atoms with Crippen molar-refractivity contribution in [3.63, 3.8) is 0 Å². The lowest BCUT2D eigenvalue weighted by Crippen LogP contribution is -2.00. The average Bonchev–Trinajstić information content (AvgIpc) is 2.54. The van der Waals surface area contributed by atoms with Crippen molar-refractivity contribution in [1.82, 2.24) is 9.38 Å². The SMILES string of the molecule is COCCc1nc(Cl)c2c(N)cccn12. The first kappa shape index (κ1) is 10.3. The Balaban J connectivity index is 2.53. The fourth-order valence-corrected chi connectivity index (χ4v) is 1.85. The van der Waals surface area contributed by atoms with E-state index in [2.05, 4.69) is 4.98 Å². The molecule has 5 heteroatoms. The molecule has 2 rings (SSSR count). The van der Waals surface area contributed by atoms with E-state index in [1.807, 2.05) is 22.7 Å². The molecule has 0 aliphatic rings. The lowest BCUT2D eigenvalue weighted by molar-refractivity contribution is 0.200. The third kappa shape index (κ3) is 1.78. The molecular formula is C10H12ClN3O. The molecule has 2 heterocycles. The lowest BCUT2D eigenvalue weighted by Gasteiger charge is -2.01. The van der Waals surface area contributed by atoms with Crippen LogP contribution in [0.1, 0.15) is 5.82 Å². The van der Waals surface area contributed by atoms with Crippen LogP contribution in [0.4, 0.5) is 5.69 Å². The van der Waals surface area contributed by atoms with Gasteiger partial charge in [-0.15, -0.1) is 0 Å². The van der Waals surface area contributed by atoms with E-state index in [4.69, 9.17) is 22.1 Å².